The number of carbonyl (C=O) groups is 1. The van der Waals surface area contributed by atoms with Gasteiger partial charge in [0.25, 0.3) is 0 Å². The number of carbonyl (C=O) groups excluding carboxylic acids is 1. The quantitative estimate of drug-likeness (QED) is 0.407. The largest absolute Gasteiger partial charge is 0.391 e. The average Bonchev–Trinajstić information content (AvgIpc) is 3.49. The third kappa shape index (κ3) is 7.30. The zero-order valence-electron chi connectivity index (χ0n) is 22.7. The Bertz CT molecular complexity index is 1150. The van der Waals surface area contributed by atoms with Gasteiger partial charge in [-0.3, -0.25) is 4.79 Å². The van der Waals surface area contributed by atoms with Crippen molar-refractivity contribution in [3.63, 3.8) is 0 Å². The molecule has 0 aromatic heterocycles. The highest BCUT2D eigenvalue weighted by Crippen LogP contribution is 2.38. The fraction of sp³-hybridized carbons (Fsp3) is 0.567. The number of rotatable bonds is 13. The minimum Gasteiger partial charge on any atom is -0.391 e. The number of ketones is 1. The molecule has 7 nitrogen and oxygen atoms in total. The van der Waals surface area contributed by atoms with E-state index in [4.69, 9.17) is 9.47 Å². The summed E-state index contributed by atoms with van der Waals surface area (Å²) in [6.07, 6.45) is 0.768. The van der Waals surface area contributed by atoms with Crippen LogP contribution in [0.25, 0.3) is 0 Å². The Balaban J connectivity index is 1.51. The molecule has 0 bridgehead atoms. The molecule has 2 fully saturated rings. The monoisotopic (exact) mass is 543 g/mol. The number of aliphatic hydroxyl groups excluding tert-OH is 1. The van der Waals surface area contributed by atoms with Crippen LogP contribution in [-0.4, -0.2) is 62.3 Å². The van der Waals surface area contributed by atoms with Gasteiger partial charge in [0.05, 0.1) is 24.2 Å². The minimum atomic E-state index is -3.81. The number of aliphatic hydroxyl groups is 1. The first-order valence-corrected chi connectivity index (χ1v) is 15.1. The molecule has 2 aromatic rings. The van der Waals surface area contributed by atoms with E-state index < -0.39 is 22.0 Å². The summed E-state index contributed by atoms with van der Waals surface area (Å²) in [5, 5.41) is 11.5. The van der Waals surface area contributed by atoms with Crippen molar-refractivity contribution in [1.82, 2.24) is 4.31 Å². The Hall–Kier alpha value is -2.10. The van der Waals surface area contributed by atoms with Crippen LogP contribution in [-0.2, 0) is 30.7 Å². The lowest BCUT2D eigenvalue weighted by Crippen LogP contribution is -2.43. The van der Waals surface area contributed by atoms with E-state index in [9.17, 15) is 18.3 Å². The minimum absolute atomic E-state index is 0.0652. The lowest BCUT2D eigenvalue weighted by Gasteiger charge is -2.30. The van der Waals surface area contributed by atoms with Crippen LogP contribution in [0.4, 0.5) is 0 Å². The number of benzene rings is 2. The number of sulfonamides is 1. The van der Waals surface area contributed by atoms with Gasteiger partial charge in [-0.05, 0) is 55.2 Å². The van der Waals surface area contributed by atoms with Gasteiger partial charge in [-0.25, -0.2) is 8.42 Å². The van der Waals surface area contributed by atoms with Gasteiger partial charge in [-0.1, -0.05) is 61.9 Å². The average molecular weight is 544 g/mol. The van der Waals surface area contributed by atoms with Crippen LogP contribution in [0.2, 0.25) is 0 Å². The van der Waals surface area contributed by atoms with E-state index in [0.29, 0.717) is 26.1 Å². The van der Waals surface area contributed by atoms with Crippen molar-refractivity contribution >= 4 is 15.8 Å². The molecule has 5 atom stereocenters. The molecule has 1 N–H and O–H groups in total. The third-order valence-corrected chi connectivity index (χ3v) is 9.49. The van der Waals surface area contributed by atoms with Crippen LogP contribution in [0.15, 0.2) is 59.5 Å². The molecule has 2 aromatic carbocycles. The van der Waals surface area contributed by atoms with E-state index in [1.807, 2.05) is 51.1 Å². The van der Waals surface area contributed by atoms with Crippen molar-refractivity contribution in [3.05, 3.63) is 65.7 Å². The second kappa shape index (κ2) is 12.8. The Kier molecular flexibility index (Phi) is 9.76. The van der Waals surface area contributed by atoms with E-state index in [1.165, 1.54) is 4.31 Å². The molecule has 4 rings (SSSR count). The summed E-state index contributed by atoms with van der Waals surface area (Å²) in [4.78, 5) is 13.5. The number of hydrogen-bond acceptors (Lipinski definition) is 6. The Morgan fingerprint density at radius 1 is 1.05 bits per heavy atom. The fourth-order valence-corrected chi connectivity index (χ4v) is 7.21. The molecule has 2 heterocycles. The predicted molar refractivity (Wildman–Crippen MR) is 146 cm³/mol. The zero-order chi connectivity index (χ0) is 27.3. The third-order valence-electron chi connectivity index (χ3n) is 7.65. The summed E-state index contributed by atoms with van der Waals surface area (Å²) in [6.45, 7) is 7.22. The van der Waals surface area contributed by atoms with Gasteiger partial charge in [0.2, 0.25) is 10.0 Å². The standard InChI is InChI=1S/C30H41NO6S/c1-21(2)18-31(38(34,35)27-11-9-22(3)10-12-27)19-29(33)24(15-23-7-5-4-6-8-23)16-26(32)17-25-20-37-30-28(25)13-14-36-30/h4-12,21,24-25,28-30,33H,13-20H2,1-3H3/t24-,25-,28-,29-,30+/m1/s1. The van der Waals surface area contributed by atoms with E-state index in [-0.39, 0.29) is 54.2 Å². The van der Waals surface area contributed by atoms with Crippen molar-refractivity contribution < 1.29 is 27.8 Å². The highest BCUT2D eigenvalue weighted by Gasteiger charge is 2.42. The van der Waals surface area contributed by atoms with Crippen LogP contribution in [0.5, 0.6) is 0 Å². The molecule has 0 radical (unpaired) electrons. The topological polar surface area (TPSA) is 93.1 Å². The predicted octanol–water partition coefficient (Wildman–Crippen LogP) is 4.22. The van der Waals surface area contributed by atoms with Crippen LogP contribution in [0.3, 0.4) is 0 Å². The summed E-state index contributed by atoms with van der Waals surface area (Å²) in [6, 6.07) is 16.5. The number of fused-ring (bicyclic) bond motifs is 1. The summed E-state index contributed by atoms with van der Waals surface area (Å²) in [5.41, 5.74) is 1.98. The highest BCUT2D eigenvalue weighted by atomic mass is 32.2. The highest BCUT2D eigenvalue weighted by molar-refractivity contribution is 7.89. The second-order valence-electron chi connectivity index (χ2n) is 11.3. The first kappa shape index (κ1) is 28.9. The van der Waals surface area contributed by atoms with Crippen LogP contribution < -0.4 is 0 Å². The van der Waals surface area contributed by atoms with Gasteiger partial charge >= 0.3 is 0 Å². The van der Waals surface area contributed by atoms with Gasteiger partial charge in [0, 0.05) is 31.8 Å². The molecule has 38 heavy (non-hydrogen) atoms. The maximum absolute atomic E-state index is 13.6. The number of aryl methyl sites for hydroxylation is 1. The molecule has 0 unspecified atom stereocenters. The van der Waals surface area contributed by atoms with Gasteiger partial charge < -0.3 is 14.6 Å². The first-order chi connectivity index (χ1) is 18.1. The normalized spacial score (nSPS) is 23.1. The molecule has 8 heteroatoms. The lowest BCUT2D eigenvalue weighted by molar-refractivity contribution is -0.122. The molecule has 2 aliphatic rings. The molecule has 208 valence electrons. The van der Waals surface area contributed by atoms with Crippen LogP contribution in [0, 0.1) is 30.6 Å². The fourth-order valence-electron chi connectivity index (χ4n) is 5.59. The maximum atomic E-state index is 13.6. The van der Waals surface area contributed by atoms with E-state index in [2.05, 4.69) is 0 Å². The van der Waals surface area contributed by atoms with Gasteiger partial charge in [0.15, 0.2) is 6.29 Å². The Morgan fingerprint density at radius 2 is 1.76 bits per heavy atom. The molecular weight excluding hydrogens is 502 g/mol. The van der Waals surface area contributed by atoms with Crippen LogP contribution >= 0.6 is 0 Å². The molecule has 0 saturated carbocycles. The maximum Gasteiger partial charge on any atom is 0.243 e. The Labute approximate surface area is 227 Å². The molecule has 2 saturated heterocycles. The number of nitrogens with zero attached hydrogens (tertiary/aromatic N) is 1. The number of Topliss-reactive ketones (excluding diaryl/α,β-unsaturated/α-hetero) is 1. The molecule has 2 aliphatic heterocycles. The van der Waals surface area contributed by atoms with Crippen molar-refractivity contribution in [2.45, 2.75) is 63.7 Å². The summed E-state index contributed by atoms with van der Waals surface area (Å²) >= 11 is 0. The molecular formula is C30H41NO6S. The number of ether oxygens (including phenoxy) is 2. The first-order valence-electron chi connectivity index (χ1n) is 13.7. The van der Waals surface area contributed by atoms with Crippen molar-refractivity contribution in [2.75, 3.05) is 26.3 Å². The molecule has 0 amide bonds. The SMILES string of the molecule is Cc1ccc(S(=O)(=O)N(CC(C)C)C[C@@H](O)[C@@H](CC(=O)C[C@@H]2CO[C@@H]3OCC[C@H]23)Cc2ccccc2)cc1. The van der Waals surface area contributed by atoms with E-state index in [0.717, 1.165) is 17.5 Å². The summed E-state index contributed by atoms with van der Waals surface area (Å²) in [7, 11) is -3.81. The molecule has 0 aliphatic carbocycles. The van der Waals surface area contributed by atoms with Crippen molar-refractivity contribution in [3.8, 4) is 0 Å². The van der Waals surface area contributed by atoms with Gasteiger partial charge in [-0.2, -0.15) is 4.31 Å². The van der Waals surface area contributed by atoms with E-state index >= 15 is 0 Å². The van der Waals surface area contributed by atoms with E-state index in [1.54, 1.807) is 24.3 Å². The van der Waals surface area contributed by atoms with Gasteiger partial charge in [0.1, 0.15) is 5.78 Å². The summed E-state index contributed by atoms with van der Waals surface area (Å²) in [5.74, 6) is 0.107. The smallest absolute Gasteiger partial charge is 0.243 e. The van der Waals surface area contributed by atoms with Crippen LogP contribution in [0.1, 0.15) is 44.2 Å². The Morgan fingerprint density at radius 3 is 2.45 bits per heavy atom. The second-order valence-corrected chi connectivity index (χ2v) is 13.2. The summed E-state index contributed by atoms with van der Waals surface area (Å²) < 4.78 is 39.8. The van der Waals surface area contributed by atoms with Crippen molar-refractivity contribution in [2.24, 2.45) is 23.7 Å². The molecule has 0 spiro atoms. The lowest BCUT2D eigenvalue weighted by atomic mass is 9.84. The van der Waals surface area contributed by atoms with Crippen molar-refractivity contribution in [1.29, 1.82) is 0 Å². The van der Waals surface area contributed by atoms with Gasteiger partial charge in [-0.15, -0.1) is 0 Å². The number of hydrogen-bond donors (Lipinski definition) is 1. The zero-order valence-corrected chi connectivity index (χ0v) is 23.5.